The van der Waals surface area contributed by atoms with Gasteiger partial charge in [0.15, 0.2) is 0 Å². The second kappa shape index (κ2) is 5.14. The van der Waals surface area contributed by atoms with Crippen molar-refractivity contribution < 1.29 is 0 Å². The largest absolute Gasteiger partial charge is 0.359 e. The number of hydrogen-bond donors (Lipinski definition) is 2. The Morgan fingerprint density at radius 2 is 2.15 bits per heavy atom. The minimum atomic E-state index is 0.413. The van der Waals surface area contributed by atoms with Gasteiger partial charge in [0.25, 0.3) is 0 Å². The van der Waals surface area contributed by atoms with Crippen molar-refractivity contribution in [3.63, 3.8) is 0 Å². The molecule has 0 aliphatic carbocycles. The first-order valence-electron chi connectivity index (χ1n) is 4.46. The third kappa shape index (κ3) is 3.28. The number of nitrogens with zero attached hydrogens (tertiary/aromatic N) is 2. The lowest BCUT2D eigenvalue weighted by Gasteiger charge is -1.99. The fraction of sp³-hybridized carbons (Fsp3) is 0.750. The Labute approximate surface area is 82.9 Å². The number of nitrogens with one attached hydrogen (secondary N) is 2. The molecule has 0 aliphatic heterocycles. The van der Waals surface area contributed by atoms with Crippen molar-refractivity contribution >= 4 is 16.7 Å². The molecular formula is C8H16N4S. The van der Waals surface area contributed by atoms with E-state index in [1.807, 2.05) is 7.05 Å². The van der Waals surface area contributed by atoms with E-state index in [-0.39, 0.29) is 0 Å². The molecule has 0 spiro atoms. The van der Waals surface area contributed by atoms with Gasteiger partial charge in [0.1, 0.15) is 5.82 Å². The van der Waals surface area contributed by atoms with Crippen molar-refractivity contribution in [3.05, 3.63) is 5.82 Å². The summed E-state index contributed by atoms with van der Waals surface area (Å²) in [6, 6.07) is 0. The van der Waals surface area contributed by atoms with Gasteiger partial charge in [-0.2, -0.15) is 4.37 Å². The van der Waals surface area contributed by atoms with Gasteiger partial charge in [-0.3, -0.25) is 0 Å². The normalized spacial score (nSPS) is 10.8. The van der Waals surface area contributed by atoms with Crippen LogP contribution in [0.4, 0.5) is 5.13 Å². The van der Waals surface area contributed by atoms with Crippen molar-refractivity contribution in [1.82, 2.24) is 14.7 Å². The first kappa shape index (κ1) is 10.4. The zero-order valence-electron chi connectivity index (χ0n) is 8.29. The molecule has 1 heterocycles. The fourth-order valence-electron chi connectivity index (χ4n) is 0.836. The lowest BCUT2D eigenvalue weighted by atomic mass is 10.2. The summed E-state index contributed by atoms with van der Waals surface area (Å²) in [4.78, 5) is 4.35. The van der Waals surface area contributed by atoms with E-state index in [4.69, 9.17) is 0 Å². The zero-order chi connectivity index (χ0) is 9.68. The zero-order valence-corrected chi connectivity index (χ0v) is 9.11. The van der Waals surface area contributed by atoms with Gasteiger partial charge in [-0.15, -0.1) is 0 Å². The second-order valence-corrected chi connectivity index (χ2v) is 3.89. The Morgan fingerprint density at radius 3 is 2.69 bits per heavy atom. The minimum absolute atomic E-state index is 0.413. The molecule has 0 saturated heterocycles. The summed E-state index contributed by atoms with van der Waals surface area (Å²) in [6.07, 6.45) is 0. The highest BCUT2D eigenvalue weighted by molar-refractivity contribution is 7.09. The molecule has 0 amide bonds. The molecule has 2 N–H and O–H groups in total. The van der Waals surface area contributed by atoms with Gasteiger partial charge in [0.2, 0.25) is 5.13 Å². The number of likely N-dealkylation sites (N-methyl/N-ethyl adjacent to an activating group) is 1. The molecule has 4 nitrogen and oxygen atoms in total. The monoisotopic (exact) mass is 200 g/mol. The third-order valence-electron chi connectivity index (χ3n) is 1.61. The van der Waals surface area contributed by atoms with Crippen LogP contribution in [0.5, 0.6) is 0 Å². The van der Waals surface area contributed by atoms with Crippen LogP contribution >= 0.6 is 11.5 Å². The highest BCUT2D eigenvalue weighted by Gasteiger charge is 2.06. The van der Waals surface area contributed by atoms with Gasteiger partial charge < -0.3 is 10.6 Å². The highest BCUT2D eigenvalue weighted by Crippen LogP contribution is 2.16. The van der Waals surface area contributed by atoms with Crippen LogP contribution in [0.15, 0.2) is 0 Å². The van der Waals surface area contributed by atoms with Crippen molar-refractivity contribution in [2.24, 2.45) is 0 Å². The summed E-state index contributed by atoms with van der Waals surface area (Å²) in [5.41, 5.74) is 0. The topological polar surface area (TPSA) is 49.8 Å². The first-order valence-corrected chi connectivity index (χ1v) is 5.23. The standard InChI is InChI=1S/C8H16N4S/c1-6(2)7-11-8(13-12-7)10-5-4-9-3/h6,9H,4-5H2,1-3H3,(H,10,11,12). The summed E-state index contributed by atoms with van der Waals surface area (Å²) in [5, 5.41) is 7.18. The Hall–Kier alpha value is -0.680. The van der Waals surface area contributed by atoms with Crippen molar-refractivity contribution in [2.75, 3.05) is 25.5 Å². The molecule has 1 aromatic rings. The number of aromatic nitrogens is 2. The van der Waals surface area contributed by atoms with E-state index < -0.39 is 0 Å². The molecule has 0 aromatic carbocycles. The summed E-state index contributed by atoms with van der Waals surface area (Å²) < 4.78 is 4.24. The smallest absolute Gasteiger partial charge is 0.202 e. The van der Waals surface area contributed by atoms with Gasteiger partial charge in [-0.1, -0.05) is 13.8 Å². The molecule has 0 unspecified atom stereocenters. The molecule has 1 aromatic heterocycles. The maximum absolute atomic E-state index is 4.35. The predicted octanol–water partition coefficient (Wildman–Crippen LogP) is 1.29. The maximum atomic E-state index is 4.35. The summed E-state index contributed by atoms with van der Waals surface area (Å²) in [5.74, 6) is 1.34. The lowest BCUT2D eigenvalue weighted by Crippen LogP contribution is -2.17. The molecule has 0 atom stereocenters. The average molecular weight is 200 g/mol. The first-order chi connectivity index (χ1) is 6.24. The van der Waals surface area contributed by atoms with Gasteiger partial charge in [0, 0.05) is 30.5 Å². The van der Waals surface area contributed by atoms with Crippen LogP contribution in [0.1, 0.15) is 25.6 Å². The Kier molecular flexibility index (Phi) is 4.11. The van der Waals surface area contributed by atoms with E-state index in [2.05, 4.69) is 33.8 Å². The van der Waals surface area contributed by atoms with E-state index >= 15 is 0 Å². The van der Waals surface area contributed by atoms with Gasteiger partial charge in [0.05, 0.1) is 0 Å². The fourth-order valence-corrected chi connectivity index (χ4v) is 1.57. The Morgan fingerprint density at radius 1 is 1.38 bits per heavy atom. The van der Waals surface area contributed by atoms with Crippen LogP contribution in [0.3, 0.4) is 0 Å². The Balaban J connectivity index is 2.40. The SMILES string of the molecule is CNCCNc1nc(C(C)C)ns1. The van der Waals surface area contributed by atoms with Crippen LogP contribution in [-0.2, 0) is 0 Å². The van der Waals surface area contributed by atoms with Gasteiger partial charge in [-0.25, -0.2) is 4.98 Å². The molecule has 13 heavy (non-hydrogen) atoms. The van der Waals surface area contributed by atoms with E-state index in [9.17, 15) is 0 Å². The number of anilines is 1. The summed E-state index contributed by atoms with van der Waals surface area (Å²) >= 11 is 1.43. The van der Waals surface area contributed by atoms with E-state index in [1.165, 1.54) is 11.5 Å². The van der Waals surface area contributed by atoms with Gasteiger partial charge >= 0.3 is 0 Å². The van der Waals surface area contributed by atoms with Crippen molar-refractivity contribution in [2.45, 2.75) is 19.8 Å². The average Bonchev–Trinajstić information content (AvgIpc) is 2.53. The second-order valence-electron chi connectivity index (χ2n) is 3.14. The van der Waals surface area contributed by atoms with Gasteiger partial charge in [-0.05, 0) is 7.05 Å². The lowest BCUT2D eigenvalue weighted by molar-refractivity contribution is 0.795. The molecule has 0 radical (unpaired) electrons. The van der Waals surface area contributed by atoms with Crippen molar-refractivity contribution in [1.29, 1.82) is 0 Å². The van der Waals surface area contributed by atoms with Crippen LogP contribution in [-0.4, -0.2) is 29.5 Å². The number of rotatable bonds is 5. The molecule has 5 heteroatoms. The molecule has 74 valence electrons. The minimum Gasteiger partial charge on any atom is -0.359 e. The van der Waals surface area contributed by atoms with E-state index in [0.29, 0.717) is 5.92 Å². The van der Waals surface area contributed by atoms with E-state index in [1.54, 1.807) is 0 Å². The van der Waals surface area contributed by atoms with Crippen LogP contribution in [0.2, 0.25) is 0 Å². The van der Waals surface area contributed by atoms with Crippen LogP contribution in [0, 0.1) is 0 Å². The molecule has 0 bridgehead atoms. The molecule has 0 saturated carbocycles. The maximum Gasteiger partial charge on any atom is 0.202 e. The predicted molar refractivity (Wildman–Crippen MR) is 56.4 cm³/mol. The molecular weight excluding hydrogens is 184 g/mol. The van der Waals surface area contributed by atoms with Crippen LogP contribution in [0.25, 0.3) is 0 Å². The summed E-state index contributed by atoms with van der Waals surface area (Å²) in [6.45, 7) is 6.03. The molecule has 0 aliphatic rings. The summed E-state index contributed by atoms with van der Waals surface area (Å²) in [7, 11) is 1.93. The quantitative estimate of drug-likeness (QED) is 0.703. The number of hydrogen-bond acceptors (Lipinski definition) is 5. The Bertz CT molecular complexity index is 246. The van der Waals surface area contributed by atoms with E-state index in [0.717, 1.165) is 24.0 Å². The molecule has 1 rings (SSSR count). The molecule has 0 fully saturated rings. The third-order valence-corrected chi connectivity index (χ3v) is 2.30. The van der Waals surface area contributed by atoms with Crippen LogP contribution < -0.4 is 10.6 Å². The van der Waals surface area contributed by atoms with Crippen molar-refractivity contribution in [3.8, 4) is 0 Å². The highest BCUT2D eigenvalue weighted by atomic mass is 32.1.